The number of nitrogens with two attached hydrogens (primary N) is 1. The summed E-state index contributed by atoms with van der Waals surface area (Å²) in [5.41, 5.74) is -0.409. The van der Waals surface area contributed by atoms with E-state index >= 15 is 0 Å². The van der Waals surface area contributed by atoms with Crippen molar-refractivity contribution in [1.29, 1.82) is 0 Å². The molecule has 0 saturated carbocycles. The number of amides is 1. The third kappa shape index (κ3) is 3.47. The van der Waals surface area contributed by atoms with E-state index in [4.69, 9.17) is 5.14 Å². The number of likely N-dealkylation sites (tertiary alicyclic amines) is 1. The molecule has 0 radical (unpaired) electrons. The van der Waals surface area contributed by atoms with E-state index in [0.717, 1.165) is 12.8 Å². The first-order valence-electron chi connectivity index (χ1n) is 6.87. The van der Waals surface area contributed by atoms with Crippen molar-refractivity contribution < 1.29 is 18.3 Å². The topological polar surface area (TPSA) is 126 Å². The van der Waals surface area contributed by atoms with Gasteiger partial charge in [0.2, 0.25) is 0 Å². The minimum atomic E-state index is -3.86. The van der Waals surface area contributed by atoms with Gasteiger partial charge in [-0.05, 0) is 38.8 Å². The maximum atomic E-state index is 11.4. The predicted octanol–water partition coefficient (Wildman–Crippen LogP) is 1.06. The number of hydrogen-bond donors (Lipinski definition) is 3. The Morgan fingerprint density at radius 3 is 2.82 bits per heavy atom. The molecular weight excluding hydrogens is 308 g/mol. The molecule has 8 nitrogen and oxygen atoms in total. The van der Waals surface area contributed by atoms with E-state index in [1.165, 1.54) is 17.0 Å². The summed E-state index contributed by atoms with van der Waals surface area (Å²) in [6, 6.07) is 4.26. The highest BCUT2D eigenvalue weighted by Gasteiger charge is 2.42. The zero-order valence-electron chi connectivity index (χ0n) is 12.5. The Kier molecular flexibility index (Phi) is 4.30. The molecule has 22 heavy (non-hydrogen) atoms. The maximum absolute atomic E-state index is 11.4. The highest BCUT2D eigenvalue weighted by molar-refractivity contribution is 7.89. The van der Waals surface area contributed by atoms with Crippen LogP contribution in [0, 0.1) is 0 Å². The van der Waals surface area contributed by atoms with Gasteiger partial charge in [0, 0.05) is 12.1 Å². The van der Waals surface area contributed by atoms with Crippen LogP contribution < -0.4 is 10.5 Å². The lowest BCUT2D eigenvalue weighted by atomic mass is 10.0. The minimum absolute atomic E-state index is 0.188. The number of nitrogens with one attached hydrogen (secondary N) is 1. The van der Waals surface area contributed by atoms with Gasteiger partial charge in [-0.2, -0.15) is 0 Å². The van der Waals surface area contributed by atoms with Crippen LogP contribution in [-0.2, 0) is 10.0 Å². The van der Waals surface area contributed by atoms with E-state index in [1.807, 2.05) is 13.8 Å². The van der Waals surface area contributed by atoms with Crippen LogP contribution in [-0.4, -0.2) is 47.6 Å². The van der Waals surface area contributed by atoms with Crippen molar-refractivity contribution in [3.05, 3.63) is 18.2 Å². The molecule has 1 aliphatic heterocycles. The molecule has 1 aromatic heterocycles. The van der Waals surface area contributed by atoms with E-state index in [9.17, 15) is 18.3 Å². The fourth-order valence-electron chi connectivity index (χ4n) is 2.77. The Balaban J connectivity index is 2.09. The summed E-state index contributed by atoms with van der Waals surface area (Å²) in [6.07, 6.45) is 0.554. The molecule has 0 bridgehead atoms. The SMILES string of the molecule is CC1(C)CCC(CNc2cccc(S(N)(=O)=O)n2)N1C(=O)O. The summed E-state index contributed by atoms with van der Waals surface area (Å²) in [5, 5.41) is 17.2. The average molecular weight is 328 g/mol. The zero-order chi connectivity index (χ0) is 16.5. The van der Waals surface area contributed by atoms with Crippen molar-refractivity contribution in [3.63, 3.8) is 0 Å². The van der Waals surface area contributed by atoms with Crippen molar-refractivity contribution >= 4 is 21.9 Å². The number of anilines is 1. The van der Waals surface area contributed by atoms with Crippen molar-refractivity contribution in [2.45, 2.75) is 43.3 Å². The van der Waals surface area contributed by atoms with Gasteiger partial charge < -0.3 is 10.4 Å². The van der Waals surface area contributed by atoms with Crippen molar-refractivity contribution in [2.75, 3.05) is 11.9 Å². The number of rotatable bonds is 4. The minimum Gasteiger partial charge on any atom is -0.465 e. The largest absolute Gasteiger partial charge is 0.465 e. The van der Waals surface area contributed by atoms with Gasteiger partial charge in [0.05, 0.1) is 6.04 Å². The van der Waals surface area contributed by atoms with Crippen LogP contribution in [0.5, 0.6) is 0 Å². The highest BCUT2D eigenvalue weighted by Crippen LogP contribution is 2.33. The second-order valence-corrected chi connectivity index (χ2v) is 7.45. The Morgan fingerprint density at radius 2 is 2.23 bits per heavy atom. The first-order valence-corrected chi connectivity index (χ1v) is 8.42. The molecule has 2 rings (SSSR count). The first kappa shape index (κ1) is 16.5. The van der Waals surface area contributed by atoms with E-state index in [0.29, 0.717) is 12.4 Å². The molecule has 122 valence electrons. The molecule has 4 N–H and O–H groups in total. The van der Waals surface area contributed by atoms with Gasteiger partial charge in [-0.15, -0.1) is 0 Å². The fraction of sp³-hybridized carbons (Fsp3) is 0.538. The molecule has 2 heterocycles. The zero-order valence-corrected chi connectivity index (χ0v) is 13.3. The lowest BCUT2D eigenvalue weighted by molar-refractivity contribution is 0.0986. The second-order valence-electron chi connectivity index (χ2n) is 5.94. The van der Waals surface area contributed by atoms with Gasteiger partial charge in [-0.1, -0.05) is 6.07 Å². The summed E-state index contributed by atoms with van der Waals surface area (Å²) in [5.74, 6) is 0.349. The van der Waals surface area contributed by atoms with E-state index in [1.54, 1.807) is 6.07 Å². The monoisotopic (exact) mass is 328 g/mol. The lowest BCUT2D eigenvalue weighted by Crippen LogP contribution is -2.48. The van der Waals surface area contributed by atoms with Gasteiger partial charge in [0.1, 0.15) is 5.82 Å². The fourth-order valence-corrected chi connectivity index (χ4v) is 3.26. The Bertz CT molecular complexity index is 674. The van der Waals surface area contributed by atoms with Crippen LogP contribution >= 0.6 is 0 Å². The smallest absolute Gasteiger partial charge is 0.408 e. The number of pyridine rings is 1. The van der Waals surface area contributed by atoms with Crippen molar-refractivity contribution in [2.24, 2.45) is 5.14 Å². The van der Waals surface area contributed by atoms with Crippen molar-refractivity contribution in [3.8, 4) is 0 Å². The summed E-state index contributed by atoms with van der Waals surface area (Å²) >= 11 is 0. The maximum Gasteiger partial charge on any atom is 0.408 e. The Labute approximate surface area is 129 Å². The number of primary sulfonamides is 1. The van der Waals surface area contributed by atoms with Gasteiger partial charge in [0.25, 0.3) is 10.0 Å². The van der Waals surface area contributed by atoms with Crippen LogP contribution in [0.4, 0.5) is 10.6 Å². The van der Waals surface area contributed by atoms with Crippen molar-refractivity contribution in [1.82, 2.24) is 9.88 Å². The summed E-state index contributed by atoms with van der Waals surface area (Å²) in [4.78, 5) is 16.8. The van der Waals surface area contributed by atoms with Gasteiger partial charge >= 0.3 is 6.09 Å². The second kappa shape index (κ2) is 5.73. The molecule has 1 aliphatic rings. The van der Waals surface area contributed by atoms with Gasteiger partial charge in [-0.25, -0.2) is 23.3 Å². The number of nitrogens with zero attached hydrogens (tertiary/aromatic N) is 2. The molecule has 0 aromatic carbocycles. The van der Waals surface area contributed by atoms with Crippen LogP contribution in [0.2, 0.25) is 0 Å². The number of carboxylic acid groups (broad SMARTS) is 1. The van der Waals surface area contributed by atoms with Crippen LogP contribution in [0.1, 0.15) is 26.7 Å². The molecule has 1 atom stereocenters. The Morgan fingerprint density at radius 1 is 1.55 bits per heavy atom. The molecule has 0 aliphatic carbocycles. The molecular formula is C13H20N4O4S. The molecule has 0 spiro atoms. The summed E-state index contributed by atoms with van der Waals surface area (Å²) < 4.78 is 22.5. The number of sulfonamides is 1. The highest BCUT2D eigenvalue weighted by atomic mass is 32.2. The molecule has 1 saturated heterocycles. The third-order valence-electron chi connectivity index (χ3n) is 3.85. The predicted molar refractivity (Wildman–Crippen MR) is 81.1 cm³/mol. The molecule has 1 unspecified atom stereocenters. The first-order chi connectivity index (χ1) is 10.1. The van der Waals surface area contributed by atoms with E-state index < -0.39 is 21.7 Å². The van der Waals surface area contributed by atoms with Crippen LogP contribution in [0.3, 0.4) is 0 Å². The summed E-state index contributed by atoms with van der Waals surface area (Å²) in [6.45, 7) is 4.14. The van der Waals surface area contributed by atoms with Crippen LogP contribution in [0.25, 0.3) is 0 Å². The summed E-state index contributed by atoms with van der Waals surface area (Å²) in [7, 11) is -3.86. The Hall–Kier alpha value is -1.87. The molecule has 1 aromatic rings. The average Bonchev–Trinajstić information content (AvgIpc) is 2.71. The number of carbonyl (C=O) groups is 1. The van der Waals surface area contributed by atoms with E-state index in [2.05, 4.69) is 10.3 Å². The van der Waals surface area contributed by atoms with Gasteiger partial charge in [0.15, 0.2) is 5.03 Å². The van der Waals surface area contributed by atoms with Gasteiger partial charge in [-0.3, -0.25) is 4.90 Å². The number of aromatic nitrogens is 1. The lowest BCUT2D eigenvalue weighted by Gasteiger charge is -2.33. The third-order valence-corrected chi connectivity index (χ3v) is 4.66. The standard InChI is InChI=1S/C13H20N4O4S/c1-13(2)7-6-9(17(13)12(18)19)8-15-10-4-3-5-11(16-10)22(14,20)21/h3-5,9H,6-8H2,1-2H3,(H,15,16)(H,18,19)(H2,14,20,21). The quantitative estimate of drug-likeness (QED) is 0.759. The molecule has 1 fully saturated rings. The molecule has 9 heteroatoms. The van der Waals surface area contributed by atoms with Crippen LogP contribution in [0.15, 0.2) is 23.2 Å². The number of hydrogen-bond acceptors (Lipinski definition) is 5. The van der Waals surface area contributed by atoms with E-state index in [-0.39, 0.29) is 11.1 Å². The normalized spacial score (nSPS) is 20.9. The molecule has 1 amide bonds.